The number of hydrogen-bond donors (Lipinski definition) is 1. The van der Waals surface area contributed by atoms with E-state index in [1.807, 2.05) is 12.3 Å². The van der Waals surface area contributed by atoms with Gasteiger partial charge in [0.15, 0.2) is 5.78 Å². The molecule has 0 aliphatic carbocycles. The first kappa shape index (κ1) is 17.3. The maximum atomic E-state index is 12.0. The first-order valence-corrected chi connectivity index (χ1v) is 8.77. The zero-order valence-corrected chi connectivity index (χ0v) is 13.7. The number of carbonyl (C=O) groups excluding carboxylic acids is 1. The van der Waals surface area contributed by atoms with Crippen LogP contribution in [0, 0.1) is 0 Å². The molecule has 0 aliphatic rings. The number of thiazole rings is 1. The fourth-order valence-electron chi connectivity index (χ4n) is 2.17. The molecule has 1 atom stereocenters. The summed E-state index contributed by atoms with van der Waals surface area (Å²) in [5.41, 5.74) is 6.36. The lowest BCUT2D eigenvalue weighted by Crippen LogP contribution is -2.06. The number of Topliss-reactive ketones (excluding diaryl/α,β-unsaturated/α-hetero) is 1. The molecule has 1 unspecified atom stereocenters. The van der Waals surface area contributed by atoms with E-state index in [9.17, 15) is 4.79 Å². The average molecular weight is 296 g/mol. The van der Waals surface area contributed by atoms with Crippen LogP contribution in [0.15, 0.2) is 5.38 Å². The summed E-state index contributed by atoms with van der Waals surface area (Å²) in [5, 5.41) is 2.69. The maximum Gasteiger partial charge on any atom is 0.182 e. The van der Waals surface area contributed by atoms with Crippen molar-refractivity contribution in [2.45, 2.75) is 77.7 Å². The van der Waals surface area contributed by atoms with Crippen LogP contribution in [0.5, 0.6) is 0 Å². The van der Waals surface area contributed by atoms with E-state index in [0.29, 0.717) is 12.1 Å². The van der Waals surface area contributed by atoms with Crippen molar-refractivity contribution < 1.29 is 4.79 Å². The molecule has 0 aromatic carbocycles. The van der Waals surface area contributed by atoms with E-state index in [2.05, 4.69) is 11.9 Å². The minimum absolute atomic E-state index is 0.0790. The molecule has 1 rings (SSSR count). The zero-order chi connectivity index (χ0) is 14.8. The van der Waals surface area contributed by atoms with Crippen molar-refractivity contribution in [3.63, 3.8) is 0 Å². The van der Waals surface area contributed by atoms with Crippen molar-refractivity contribution in [2.75, 3.05) is 0 Å². The summed E-state index contributed by atoms with van der Waals surface area (Å²) < 4.78 is 0. The van der Waals surface area contributed by atoms with Gasteiger partial charge >= 0.3 is 0 Å². The summed E-state index contributed by atoms with van der Waals surface area (Å²) in [4.78, 5) is 16.3. The van der Waals surface area contributed by atoms with Gasteiger partial charge in [0, 0.05) is 11.8 Å². The van der Waals surface area contributed by atoms with Crippen LogP contribution < -0.4 is 5.73 Å². The van der Waals surface area contributed by atoms with Crippen LogP contribution in [0.1, 0.15) is 93.2 Å². The lowest BCUT2D eigenvalue weighted by molar-refractivity contribution is 0.0974. The van der Waals surface area contributed by atoms with Gasteiger partial charge in [-0.3, -0.25) is 4.79 Å². The second kappa shape index (κ2) is 10.1. The van der Waals surface area contributed by atoms with Gasteiger partial charge in [0.2, 0.25) is 0 Å². The normalized spacial score (nSPS) is 12.6. The largest absolute Gasteiger partial charge is 0.322 e. The predicted molar refractivity (Wildman–Crippen MR) is 86.3 cm³/mol. The lowest BCUT2D eigenvalue weighted by Gasteiger charge is -2.01. The van der Waals surface area contributed by atoms with Crippen molar-refractivity contribution in [2.24, 2.45) is 5.73 Å². The van der Waals surface area contributed by atoms with E-state index in [1.165, 1.54) is 49.9 Å². The molecule has 1 heterocycles. The molecule has 2 N–H and O–H groups in total. The Hall–Kier alpha value is -0.740. The number of nitrogens with zero attached hydrogens (tertiary/aromatic N) is 1. The van der Waals surface area contributed by atoms with E-state index in [4.69, 9.17) is 5.73 Å². The van der Waals surface area contributed by atoms with Crippen LogP contribution in [0.2, 0.25) is 0 Å². The number of unbranched alkanes of at least 4 members (excludes halogenated alkanes) is 7. The van der Waals surface area contributed by atoms with Crippen molar-refractivity contribution in [1.29, 1.82) is 0 Å². The van der Waals surface area contributed by atoms with Crippen molar-refractivity contribution >= 4 is 17.1 Å². The van der Waals surface area contributed by atoms with Gasteiger partial charge in [0.05, 0.1) is 6.04 Å². The summed E-state index contributed by atoms with van der Waals surface area (Å²) >= 11 is 1.48. The van der Waals surface area contributed by atoms with Gasteiger partial charge in [-0.1, -0.05) is 51.9 Å². The highest BCUT2D eigenvalue weighted by Gasteiger charge is 2.12. The molecule has 4 heteroatoms. The lowest BCUT2D eigenvalue weighted by atomic mass is 10.1. The number of hydrogen-bond acceptors (Lipinski definition) is 4. The molecule has 1 aromatic heterocycles. The number of carbonyl (C=O) groups is 1. The number of rotatable bonds is 11. The quantitative estimate of drug-likeness (QED) is 0.468. The number of ketones is 1. The Morgan fingerprint density at radius 3 is 2.35 bits per heavy atom. The second-order valence-electron chi connectivity index (χ2n) is 5.51. The molecule has 0 radical (unpaired) electrons. The van der Waals surface area contributed by atoms with Crippen molar-refractivity contribution in [1.82, 2.24) is 4.98 Å². The first-order chi connectivity index (χ1) is 9.65. The summed E-state index contributed by atoms with van der Waals surface area (Å²) in [6.45, 7) is 4.13. The molecule has 1 aromatic rings. The van der Waals surface area contributed by atoms with Crippen LogP contribution in [0.25, 0.3) is 0 Å². The molecular formula is C16H28N2OS. The van der Waals surface area contributed by atoms with Gasteiger partial charge in [0.1, 0.15) is 10.7 Å². The third-order valence-electron chi connectivity index (χ3n) is 3.45. The minimum atomic E-state index is -0.0790. The molecule has 114 valence electrons. The Kier molecular flexibility index (Phi) is 8.70. The highest BCUT2D eigenvalue weighted by atomic mass is 32.1. The first-order valence-electron chi connectivity index (χ1n) is 7.89. The molecule has 0 amide bonds. The van der Waals surface area contributed by atoms with Crippen molar-refractivity contribution in [3.8, 4) is 0 Å². The van der Waals surface area contributed by atoms with Gasteiger partial charge in [-0.25, -0.2) is 4.98 Å². The standard InChI is InChI=1S/C16H28N2OS/c1-3-4-5-6-7-8-9-10-11-15(19)14-12-20-16(18-14)13(2)17/h12-13H,3-11,17H2,1-2H3. The molecule has 0 spiro atoms. The van der Waals surface area contributed by atoms with E-state index in [-0.39, 0.29) is 11.8 Å². The van der Waals surface area contributed by atoms with Crippen molar-refractivity contribution in [3.05, 3.63) is 16.1 Å². The monoisotopic (exact) mass is 296 g/mol. The second-order valence-corrected chi connectivity index (χ2v) is 6.40. The molecule has 0 saturated heterocycles. The zero-order valence-electron chi connectivity index (χ0n) is 12.9. The van der Waals surface area contributed by atoms with Crippen LogP contribution in [-0.4, -0.2) is 10.8 Å². The van der Waals surface area contributed by atoms with Crippen LogP contribution in [-0.2, 0) is 0 Å². The third kappa shape index (κ3) is 6.62. The molecule has 0 aliphatic heterocycles. The molecule has 20 heavy (non-hydrogen) atoms. The molecule has 0 saturated carbocycles. The van der Waals surface area contributed by atoms with Gasteiger partial charge in [0.25, 0.3) is 0 Å². The van der Waals surface area contributed by atoms with Gasteiger partial charge in [-0.05, 0) is 13.3 Å². The maximum absolute atomic E-state index is 12.0. The molecule has 3 nitrogen and oxygen atoms in total. The van der Waals surface area contributed by atoms with Gasteiger partial charge in [-0.2, -0.15) is 0 Å². The highest BCUT2D eigenvalue weighted by Crippen LogP contribution is 2.18. The predicted octanol–water partition coefficient (Wildman–Crippen LogP) is 4.88. The summed E-state index contributed by atoms with van der Waals surface area (Å²) in [7, 11) is 0. The van der Waals surface area contributed by atoms with E-state index >= 15 is 0 Å². The minimum Gasteiger partial charge on any atom is -0.322 e. The SMILES string of the molecule is CCCCCCCCCCC(=O)c1csc(C(C)N)n1. The topological polar surface area (TPSA) is 56.0 Å². The number of aromatic nitrogens is 1. The number of nitrogens with two attached hydrogens (primary N) is 1. The smallest absolute Gasteiger partial charge is 0.182 e. The average Bonchev–Trinajstić information content (AvgIpc) is 2.91. The Morgan fingerprint density at radius 1 is 1.20 bits per heavy atom. The Bertz CT molecular complexity index is 388. The molecular weight excluding hydrogens is 268 g/mol. The fraction of sp³-hybridized carbons (Fsp3) is 0.750. The summed E-state index contributed by atoms with van der Waals surface area (Å²) in [6.07, 6.45) is 10.7. The summed E-state index contributed by atoms with van der Waals surface area (Å²) in [5.74, 6) is 0.166. The molecule has 0 fully saturated rings. The van der Waals surface area contributed by atoms with Gasteiger partial charge < -0.3 is 5.73 Å². The van der Waals surface area contributed by atoms with E-state index in [1.54, 1.807) is 0 Å². The fourth-order valence-corrected chi connectivity index (χ4v) is 2.95. The summed E-state index contributed by atoms with van der Waals surface area (Å²) in [6, 6.07) is -0.0790. The Morgan fingerprint density at radius 2 is 1.80 bits per heavy atom. The van der Waals surface area contributed by atoms with E-state index in [0.717, 1.165) is 17.8 Å². The van der Waals surface area contributed by atoms with Crippen LogP contribution in [0.4, 0.5) is 0 Å². The van der Waals surface area contributed by atoms with Crippen LogP contribution in [0.3, 0.4) is 0 Å². The van der Waals surface area contributed by atoms with E-state index < -0.39 is 0 Å². The van der Waals surface area contributed by atoms with Gasteiger partial charge in [-0.15, -0.1) is 11.3 Å². The highest BCUT2D eigenvalue weighted by molar-refractivity contribution is 7.09. The Labute approximate surface area is 127 Å². The molecule has 0 bridgehead atoms. The Balaban J connectivity index is 2.10. The van der Waals surface area contributed by atoms with Crippen LogP contribution >= 0.6 is 11.3 Å². The third-order valence-corrected chi connectivity index (χ3v) is 4.50.